The Balaban J connectivity index is 1.73. The molecule has 1 aliphatic rings. The van der Waals surface area contributed by atoms with Crippen molar-refractivity contribution in [3.8, 4) is 0 Å². The number of carboxylic acid groups (broad SMARTS) is 1. The summed E-state index contributed by atoms with van der Waals surface area (Å²) in [4.78, 5) is 25.7. The lowest BCUT2D eigenvalue weighted by Crippen LogP contribution is -2.30. The summed E-state index contributed by atoms with van der Waals surface area (Å²) in [5, 5.41) is 9.63. The summed E-state index contributed by atoms with van der Waals surface area (Å²) in [6, 6.07) is 15.5. The second-order valence-electron chi connectivity index (χ2n) is 6.86. The van der Waals surface area contributed by atoms with Gasteiger partial charge in [0.15, 0.2) is 0 Å². The maximum atomic E-state index is 12.4. The van der Waals surface area contributed by atoms with Crippen LogP contribution < -0.4 is 0 Å². The second-order valence-corrected chi connectivity index (χ2v) is 6.86. The predicted molar refractivity (Wildman–Crippen MR) is 98.0 cm³/mol. The van der Waals surface area contributed by atoms with Gasteiger partial charge >= 0.3 is 12.1 Å². The van der Waals surface area contributed by atoms with Crippen LogP contribution >= 0.6 is 0 Å². The third kappa shape index (κ3) is 3.87. The van der Waals surface area contributed by atoms with Crippen LogP contribution in [0, 0.1) is 19.8 Å². The van der Waals surface area contributed by atoms with Gasteiger partial charge in [0.05, 0.1) is 5.92 Å². The molecule has 3 rings (SSSR count). The van der Waals surface area contributed by atoms with E-state index < -0.39 is 18.0 Å². The first kappa shape index (κ1) is 18.0. The largest absolute Gasteiger partial charge is 0.481 e. The number of carboxylic acids is 1. The van der Waals surface area contributed by atoms with E-state index in [2.05, 4.69) is 0 Å². The maximum Gasteiger partial charge on any atom is 0.410 e. The molecule has 2 atom stereocenters. The molecule has 0 unspecified atom stereocenters. The fraction of sp³-hybridized carbons (Fsp3) is 0.333. The predicted octanol–water partition coefficient (Wildman–Crippen LogP) is 3.74. The molecule has 0 aliphatic carbocycles. The Labute approximate surface area is 153 Å². The first-order valence-corrected chi connectivity index (χ1v) is 8.71. The Morgan fingerprint density at radius 3 is 2.54 bits per heavy atom. The van der Waals surface area contributed by atoms with E-state index in [1.54, 1.807) is 0 Å². The molecule has 0 radical (unpaired) electrons. The Bertz CT molecular complexity index is 803. The fourth-order valence-corrected chi connectivity index (χ4v) is 3.49. The van der Waals surface area contributed by atoms with Crippen LogP contribution in [-0.4, -0.2) is 35.2 Å². The number of aliphatic carboxylic acids is 1. The van der Waals surface area contributed by atoms with Crippen molar-refractivity contribution < 1.29 is 19.4 Å². The molecule has 0 spiro atoms. The van der Waals surface area contributed by atoms with Gasteiger partial charge in [-0.05, 0) is 30.5 Å². The van der Waals surface area contributed by atoms with Crippen LogP contribution in [0.25, 0.3) is 0 Å². The van der Waals surface area contributed by atoms with Gasteiger partial charge in [-0.2, -0.15) is 0 Å². The maximum absolute atomic E-state index is 12.4. The van der Waals surface area contributed by atoms with Gasteiger partial charge in [-0.3, -0.25) is 4.79 Å². The van der Waals surface area contributed by atoms with E-state index in [0.29, 0.717) is 6.54 Å². The van der Waals surface area contributed by atoms with Crippen molar-refractivity contribution in [2.75, 3.05) is 13.1 Å². The van der Waals surface area contributed by atoms with Gasteiger partial charge in [-0.15, -0.1) is 0 Å². The number of likely N-dealkylation sites (tertiary alicyclic amines) is 1. The zero-order valence-corrected chi connectivity index (χ0v) is 15.0. The van der Waals surface area contributed by atoms with E-state index in [1.807, 2.05) is 62.4 Å². The second kappa shape index (κ2) is 7.60. The minimum atomic E-state index is -0.880. The number of nitrogens with zero attached hydrogens (tertiary/aromatic N) is 1. The van der Waals surface area contributed by atoms with Crippen LogP contribution in [0.2, 0.25) is 0 Å². The molecule has 1 amide bonds. The molecule has 2 aromatic carbocycles. The van der Waals surface area contributed by atoms with Gasteiger partial charge in [0.25, 0.3) is 0 Å². The quantitative estimate of drug-likeness (QED) is 0.909. The highest BCUT2D eigenvalue weighted by Crippen LogP contribution is 2.35. The molecule has 136 valence electrons. The highest BCUT2D eigenvalue weighted by Gasteiger charge is 2.41. The van der Waals surface area contributed by atoms with Crippen LogP contribution in [0.5, 0.6) is 0 Å². The Morgan fingerprint density at radius 2 is 1.85 bits per heavy atom. The average Bonchev–Trinajstić information content (AvgIpc) is 3.08. The number of amides is 1. The van der Waals surface area contributed by atoms with E-state index in [4.69, 9.17) is 4.74 Å². The third-order valence-corrected chi connectivity index (χ3v) is 4.93. The molecule has 1 heterocycles. The molecule has 26 heavy (non-hydrogen) atoms. The van der Waals surface area contributed by atoms with Crippen LogP contribution in [0.3, 0.4) is 0 Å². The molecule has 1 fully saturated rings. The monoisotopic (exact) mass is 353 g/mol. The smallest absolute Gasteiger partial charge is 0.410 e. The summed E-state index contributed by atoms with van der Waals surface area (Å²) in [5.41, 5.74) is 4.03. The molecular formula is C21H23NO4. The fourth-order valence-electron chi connectivity index (χ4n) is 3.49. The van der Waals surface area contributed by atoms with E-state index in [1.165, 1.54) is 4.90 Å². The molecule has 1 N–H and O–H groups in total. The zero-order valence-electron chi connectivity index (χ0n) is 15.0. The van der Waals surface area contributed by atoms with Crippen LogP contribution in [0.15, 0.2) is 48.5 Å². The van der Waals surface area contributed by atoms with Crippen molar-refractivity contribution in [3.05, 3.63) is 70.8 Å². The van der Waals surface area contributed by atoms with E-state index in [9.17, 15) is 14.7 Å². The lowest BCUT2D eigenvalue weighted by molar-refractivity contribution is -0.141. The van der Waals surface area contributed by atoms with Gasteiger partial charge in [-0.1, -0.05) is 54.1 Å². The van der Waals surface area contributed by atoms with Crippen molar-refractivity contribution in [1.29, 1.82) is 0 Å². The number of carbonyl (C=O) groups excluding carboxylic acids is 1. The zero-order chi connectivity index (χ0) is 18.7. The molecule has 2 aromatic rings. The van der Waals surface area contributed by atoms with Crippen LogP contribution in [0.4, 0.5) is 4.79 Å². The van der Waals surface area contributed by atoms with E-state index in [0.717, 1.165) is 22.3 Å². The van der Waals surface area contributed by atoms with Crippen molar-refractivity contribution >= 4 is 12.1 Å². The molecule has 1 saturated heterocycles. The molecule has 5 heteroatoms. The summed E-state index contributed by atoms with van der Waals surface area (Å²) in [7, 11) is 0. The van der Waals surface area contributed by atoms with Crippen molar-refractivity contribution in [2.24, 2.45) is 5.92 Å². The summed E-state index contributed by atoms with van der Waals surface area (Å²) >= 11 is 0. The molecule has 0 bridgehead atoms. The first-order valence-electron chi connectivity index (χ1n) is 8.71. The summed E-state index contributed by atoms with van der Waals surface area (Å²) < 4.78 is 5.37. The van der Waals surface area contributed by atoms with E-state index >= 15 is 0 Å². The minimum Gasteiger partial charge on any atom is -0.481 e. The van der Waals surface area contributed by atoms with Gasteiger partial charge in [0.2, 0.25) is 0 Å². The molecule has 0 aromatic heterocycles. The summed E-state index contributed by atoms with van der Waals surface area (Å²) in [6.45, 7) is 4.67. The highest BCUT2D eigenvalue weighted by atomic mass is 16.6. The van der Waals surface area contributed by atoms with Crippen LogP contribution in [-0.2, 0) is 16.1 Å². The number of hydrogen-bond donors (Lipinski definition) is 1. The molecule has 1 aliphatic heterocycles. The number of benzene rings is 2. The number of ether oxygens (including phenoxy) is 1. The third-order valence-electron chi connectivity index (χ3n) is 4.93. The Kier molecular flexibility index (Phi) is 5.26. The molecular weight excluding hydrogens is 330 g/mol. The van der Waals surface area contributed by atoms with Crippen LogP contribution in [0.1, 0.15) is 28.2 Å². The number of hydrogen-bond acceptors (Lipinski definition) is 3. The average molecular weight is 353 g/mol. The number of aryl methyl sites for hydroxylation is 2. The lowest BCUT2D eigenvalue weighted by atomic mass is 9.86. The van der Waals surface area contributed by atoms with Crippen molar-refractivity contribution in [3.63, 3.8) is 0 Å². The lowest BCUT2D eigenvalue weighted by Gasteiger charge is -2.18. The Morgan fingerprint density at radius 1 is 1.12 bits per heavy atom. The molecule has 0 saturated carbocycles. The van der Waals surface area contributed by atoms with Gasteiger partial charge in [0, 0.05) is 19.0 Å². The standard InChI is InChI=1S/C21H23NO4/c1-14-8-9-15(2)17(10-14)18-11-22(12-19(18)20(23)24)21(25)26-13-16-6-4-3-5-7-16/h3-10,18-19H,11-13H2,1-2H3,(H,23,24)/t18-,19+/m0/s1. The SMILES string of the molecule is Cc1ccc(C)c([C@@H]2CN(C(=O)OCc3ccccc3)C[C@H]2C(=O)O)c1. The van der Waals surface area contributed by atoms with Gasteiger partial charge in [-0.25, -0.2) is 4.79 Å². The van der Waals surface area contributed by atoms with Crippen molar-refractivity contribution in [1.82, 2.24) is 4.90 Å². The van der Waals surface area contributed by atoms with Gasteiger partial charge in [0.1, 0.15) is 6.61 Å². The van der Waals surface area contributed by atoms with E-state index in [-0.39, 0.29) is 19.1 Å². The first-order chi connectivity index (χ1) is 12.5. The molecule has 5 nitrogen and oxygen atoms in total. The van der Waals surface area contributed by atoms with Gasteiger partial charge < -0.3 is 14.7 Å². The summed E-state index contributed by atoms with van der Waals surface area (Å²) in [5.74, 6) is -1.73. The number of rotatable bonds is 4. The normalized spacial score (nSPS) is 19.4. The topological polar surface area (TPSA) is 66.8 Å². The Hall–Kier alpha value is -2.82. The summed E-state index contributed by atoms with van der Waals surface area (Å²) in [6.07, 6.45) is -0.465. The highest BCUT2D eigenvalue weighted by molar-refractivity contribution is 5.76. The minimum absolute atomic E-state index is 0.168. The van der Waals surface area contributed by atoms with Crippen molar-refractivity contribution in [2.45, 2.75) is 26.4 Å². The number of carbonyl (C=O) groups is 2.